The van der Waals surface area contributed by atoms with Gasteiger partial charge in [-0.05, 0) is 42.3 Å². The van der Waals surface area contributed by atoms with Gasteiger partial charge in [0, 0.05) is 12.1 Å². The van der Waals surface area contributed by atoms with Gasteiger partial charge in [-0.15, -0.1) is 0 Å². The highest BCUT2D eigenvalue weighted by Crippen LogP contribution is 2.40. The van der Waals surface area contributed by atoms with Crippen LogP contribution in [0.2, 0.25) is 5.02 Å². The lowest BCUT2D eigenvalue weighted by molar-refractivity contribution is 0.570. The lowest BCUT2D eigenvalue weighted by Gasteiger charge is -2.22. The number of nitrogens with zero attached hydrogens (tertiary/aromatic N) is 1. The Balaban J connectivity index is 2.24. The Morgan fingerprint density at radius 1 is 1.17 bits per heavy atom. The number of fused-ring (bicyclic) bond motifs is 2. The molecule has 2 aromatic carbocycles. The van der Waals surface area contributed by atoms with Crippen molar-refractivity contribution in [3.05, 3.63) is 58.6 Å². The first kappa shape index (κ1) is 17.3. The third-order valence-corrected chi connectivity index (χ3v) is 6.45. The molecule has 1 unspecified atom stereocenters. The minimum atomic E-state index is -3.65. The predicted octanol–water partition coefficient (Wildman–Crippen LogP) is 3.96. The van der Waals surface area contributed by atoms with Crippen LogP contribution in [0.15, 0.2) is 47.4 Å². The van der Waals surface area contributed by atoms with Crippen molar-refractivity contribution < 1.29 is 8.42 Å². The van der Waals surface area contributed by atoms with E-state index >= 15 is 0 Å². The summed E-state index contributed by atoms with van der Waals surface area (Å²) in [5.41, 5.74) is 2.40. The van der Waals surface area contributed by atoms with E-state index in [0.29, 0.717) is 10.7 Å². The van der Waals surface area contributed by atoms with Crippen molar-refractivity contribution in [2.75, 3.05) is 17.9 Å². The summed E-state index contributed by atoms with van der Waals surface area (Å²) in [4.78, 5) is 0.266. The van der Waals surface area contributed by atoms with Crippen LogP contribution in [0.4, 0.5) is 5.69 Å². The molecule has 1 aliphatic rings. The molecule has 4 nitrogen and oxygen atoms in total. The molecule has 0 aliphatic carbocycles. The van der Waals surface area contributed by atoms with E-state index in [1.54, 1.807) is 19.2 Å². The predicted molar refractivity (Wildman–Crippen MR) is 98.2 cm³/mol. The van der Waals surface area contributed by atoms with E-state index in [4.69, 9.17) is 11.6 Å². The van der Waals surface area contributed by atoms with Crippen LogP contribution >= 0.6 is 11.6 Å². The quantitative estimate of drug-likeness (QED) is 0.835. The van der Waals surface area contributed by atoms with E-state index in [0.717, 1.165) is 30.5 Å². The van der Waals surface area contributed by atoms with Crippen molar-refractivity contribution in [2.24, 2.45) is 0 Å². The van der Waals surface area contributed by atoms with Gasteiger partial charge in [0.05, 0.1) is 16.6 Å². The number of hydrogen-bond donors (Lipinski definition) is 1. The first-order valence-electron chi connectivity index (χ1n) is 8.07. The number of hydrogen-bond acceptors (Lipinski definition) is 3. The minimum Gasteiger partial charge on any atom is -0.306 e. The second-order valence-corrected chi connectivity index (χ2v) is 8.33. The summed E-state index contributed by atoms with van der Waals surface area (Å²) in [6.45, 7) is 2.95. The molecule has 0 spiro atoms. The smallest absolute Gasteiger partial charge is 0.264 e. The SMILES string of the molecule is CCCCNC1c2ccccc2N(C)S(=O)(=O)c2cc(Cl)ccc21. The summed E-state index contributed by atoms with van der Waals surface area (Å²) in [5, 5.41) is 3.94. The van der Waals surface area contributed by atoms with Crippen LogP contribution in [0.5, 0.6) is 0 Å². The number of sulfonamides is 1. The summed E-state index contributed by atoms with van der Waals surface area (Å²) >= 11 is 6.09. The van der Waals surface area contributed by atoms with Gasteiger partial charge >= 0.3 is 0 Å². The van der Waals surface area contributed by atoms with Gasteiger partial charge < -0.3 is 5.32 Å². The Morgan fingerprint density at radius 3 is 2.67 bits per heavy atom. The van der Waals surface area contributed by atoms with E-state index in [-0.39, 0.29) is 10.9 Å². The third kappa shape index (κ3) is 2.92. The molecule has 0 fully saturated rings. The maximum atomic E-state index is 13.1. The summed E-state index contributed by atoms with van der Waals surface area (Å²) < 4.78 is 27.5. The fourth-order valence-corrected chi connectivity index (χ4v) is 4.79. The molecule has 128 valence electrons. The summed E-state index contributed by atoms with van der Waals surface area (Å²) in [5.74, 6) is 0. The zero-order valence-corrected chi connectivity index (χ0v) is 15.4. The molecule has 0 bridgehead atoms. The number of rotatable bonds is 4. The summed E-state index contributed by atoms with van der Waals surface area (Å²) in [6, 6.07) is 12.5. The zero-order valence-electron chi connectivity index (χ0n) is 13.8. The molecule has 2 aromatic rings. The molecule has 24 heavy (non-hydrogen) atoms. The van der Waals surface area contributed by atoms with E-state index < -0.39 is 10.0 Å². The average molecular weight is 365 g/mol. The van der Waals surface area contributed by atoms with Gasteiger partial charge in [0.2, 0.25) is 0 Å². The average Bonchev–Trinajstić information content (AvgIpc) is 2.64. The van der Waals surface area contributed by atoms with Crippen LogP contribution in [0, 0.1) is 0 Å². The van der Waals surface area contributed by atoms with E-state index in [1.807, 2.05) is 30.3 Å². The molecule has 0 saturated carbocycles. The van der Waals surface area contributed by atoms with Crippen molar-refractivity contribution in [3.8, 4) is 0 Å². The first-order chi connectivity index (χ1) is 11.5. The molecule has 3 rings (SSSR count). The van der Waals surface area contributed by atoms with Crippen molar-refractivity contribution >= 4 is 27.3 Å². The molecule has 0 saturated heterocycles. The Hall–Kier alpha value is -1.56. The van der Waals surface area contributed by atoms with E-state index in [9.17, 15) is 8.42 Å². The fourth-order valence-electron chi connectivity index (χ4n) is 3.08. The summed E-state index contributed by atoms with van der Waals surface area (Å²) in [7, 11) is -2.06. The second-order valence-electron chi connectivity index (χ2n) is 5.95. The van der Waals surface area contributed by atoms with Crippen LogP contribution < -0.4 is 9.62 Å². The molecular formula is C18H21ClN2O2S. The highest BCUT2D eigenvalue weighted by Gasteiger charge is 2.34. The Labute approximate surface area is 148 Å². The van der Waals surface area contributed by atoms with Gasteiger partial charge in [0.25, 0.3) is 10.0 Å². The molecule has 0 radical (unpaired) electrons. The fraction of sp³-hybridized carbons (Fsp3) is 0.333. The first-order valence-corrected chi connectivity index (χ1v) is 9.89. The lowest BCUT2D eigenvalue weighted by atomic mass is 9.96. The molecule has 1 atom stereocenters. The van der Waals surface area contributed by atoms with Crippen LogP contribution in [0.1, 0.15) is 36.9 Å². The Bertz CT molecular complexity index is 852. The molecule has 1 aliphatic heterocycles. The molecule has 1 N–H and O–H groups in total. The monoisotopic (exact) mass is 364 g/mol. The largest absolute Gasteiger partial charge is 0.306 e. The normalized spacial score (nSPS) is 18.6. The second kappa shape index (κ2) is 6.75. The maximum absolute atomic E-state index is 13.1. The maximum Gasteiger partial charge on any atom is 0.264 e. The molecule has 6 heteroatoms. The number of anilines is 1. The third-order valence-electron chi connectivity index (χ3n) is 4.39. The van der Waals surface area contributed by atoms with Crippen LogP contribution in [0.3, 0.4) is 0 Å². The van der Waals surface area contributed by atoms with Gasteiger partial charge in [-0.25, -0.2) is 8.42 Å². The lowest BCUT2D eigenvalue weighted by Crippen LogP contribution is -2.26. The van der Waals surface area contributed by atoms with Gasteiger partial charge in [-0.1, -0.05) is 49.2 Å². The minimum absolute atomic E-state index is 0.181. The Kier molecular flexibility index (Phi) is 4.85. The number of unbranched alkanes of at least 4 members (excludes halogenated alkanes) is 1. The molecule has 1 heterocycles. The van der Waals surface area contributed by atoms with E-state index in [1.165, 1.54) is 4.31 Å². The Morgan fingerprint density at radius 2 is 1.92 bits per heavy atom. The van der Waals surface area contributed by atoms with Crippen LogP contribution in [-0.2, 0) is 10.0 Å². The zero-order chi connectivity index (χ0) is 17.3. The van der Waals surface area contributed by atoms with Gasteiger partial charge in [0.15, 0.2) is 0 Å². The van der Waals surface area contributed by atoms with Gasteiger partial charge in [-0.2, -0.15) is 0 Å². The van der Waals surface area contributed by atoms with Crippen molar-refractivity contribution in [1.29, 1.82) is 0 Å². The van der Waals surface area contributed by atoms with Gasteiger partial charge in [0.1, 0.15) is 0 Å². The van der Waals surface area contributed by atoms with Crippen LogP contribution in [0.25, 0.3) is 0 Å². The van der Waals surface area contributed by atoms with Crippen molar-refractivity contribution in [3.63, 3.8) is 0 Å². The van der Waals surface area contributed by atoms with Crippen molar-refractivity contribution in [1.82, 2.24) is 5.32 Å². The van der Waals surface area contributed by atoms with E-state index in [2.05, 4.69) is 12.2 Å². The molecule has 0 aromatic heterocycles. The summed E-state index contributed by atoms with van der Waals surface area (Å²) in [6.07, 6.45) is 2.11. The molecule has 0 amide bonds. The van der Waals surface area contributed by atoms with Crippen molar-refractivity contribution in [2.45, 2.75) is 30.7 Å². The van der Waals surface area contributed by atoms with Crippen LogP contribution in [-0.4, -0.2) is 22.0 Å². The topological polar surface area (TPSA) is 49.4 Å². The van der Waals surface area contributed by atoms with Gasteiger partial charge in [-0.3, -0.25) is 4.31 Å². The highest BCUT2D eigenvalue weighted by molar-refractivity contribution is 7.92. The number of halogens is 1. The number of para-hydroxylation sites is 1. The number of benzene rings is 2. The number of nitrogens with one attached hydrogen (secondary N) is 1. The standard InChI is InChI=1S/C18H21ClN2O2S/c1-3-4-11-20-18-14-7-5-6-8-16(14)21(2)24(22,23)17-12-13(19)9-10-15(17)18/h5-10,12,18,20H,3-4,11H2,1-2H3. The molecular weight excluding hydrogens is 344 g/mol. The highest BCUT2D eigenvalue weighted by atomic mass is 35.5.